The highest BCUT2D eigenvalue weighted by atomic mass is 16.3. The average molecular weight is 282 g/mol. The maximum atomic E-state index is 10.1. The Bertz CT molecular complexity index is 737. The Kier molecular flexibility index (Phi) is 3.97. The lowest BCUT2D eigenvalue weighted by molar-refractivity contribution is 0.0784. The molecule has 3 nitrogen and oxygen atoms in total. The third-order valence-corrected chi connectivity index (χ3v) is 3.80. The fourth-order valence-corrected chi connectivity index (χ4v) is 2.28. The minimum absolute atomic E-state index is 0.524. The van der Waals surface area contributed by atoms with Crippen molar-refractivity contribution in [3.8, 4) is 0 Å². The Morgan fingerprint density at radius 3 is 2.52 bits per heavy atom. The number of hydrogen-bond acceptors (Lipinski definition) is 3. The standard InChI is InChI=1S/C18H22N2O/c1-6-11(2)16(19)13-7-12(3)17-14(8-13)9-15(10-20-17)18(4,5)21/h6-10,19,21H,1-5H3/b11-6-,19-16?. The minimum atomic E-state index is -0.919. The van der Waals surface area contributed by atoms with E-state index >= 15 is 0 Å². The number of benzene rings is 1. The Morgan fingerprint density at radius 2 is 1.95 bits per heavy atom. The van der Waals surface area contributed by atoms with Crippen LogP contribution in [0.15, 0.2) is 36.0 Å². The molecule has 0 saturated carbocycles. The molecule has 0 atom stereocenters. The zero-order valence-electron chi connectivity index (χ0n) is 13.3. The summed E-state index contributed by atoms with van der Waals surface area (Å²) in [5.74, 6) is 0. The van der Waals surface area contributed by atoms with Crippen LogP contribution in [0.5, 0.6) is 0 Å². The van der Waals surface area contributed by atoms with E-state index in [1.807, 2.05) is 45.0 Å². The molecule has 0 aliphatic carbocycles. The zero-order chi connectivity index (χ0) is 15.8. The van der Waals surface area contributed by atoms with Crippen LogP contribution in [0.25, 0.3) is 10.9 Å². The van der Waals surface area contributed by atoms with Crippen molar-refractivity contribution in [2.24, 2.45) is 0 Å². The molecule has 1 heterocycles. The monoisotopic (exact) mass is 282 g/mol. The molecule has 110 valence electrons. The van der Waals surface area contributed by atoms with E-state index in [9.17, 15) is 5.11 Å². The van der Waals surface area contributed by atoms with Crippen molar-refractivity contribution >= 4 is 16.6 Å². The number of fused-ring (bicyclic) bond motifs is 1. The molecule has 2 N–H and O–H groups in total. The molecule has 3 heteroatoms. The van der Waals surface area contributed by atoms with Crippen LogP contribution in [0.4, 0.5) is 0 Å². The van der Waals surface area contributed by atoms with E-state index in [2.05, 4.69) is 4.98 Å². The van der Waals surface area contributed by atoms with Crippen molar-refractivity contribution in [2.75, 3.05) is 0 Å². The van der Waals surface area contributed by atoms with Crippen LogP contribution >= 0.6 is 0 Å². The molecule has 0 amide bonds. The maximum absolute atomic E-state index is 10.1. The smallest absolute Gasteiger partial charge is 0.0855 e. The van der Waals surface area contributed by atoms with Crippen molar-refractivity contribution in [2.45, 2.75) is 40.2 Å². The van der Waals surface area contributed by atoms with Crippen LogP contribution in [0.3, 0.4) is 0 Å². The molecule has 2 rings (SSSR count). The van der Waals surface area contributed by atoms with Gasteiger partial charge in [-0.2, -0.15) is 0 Å². The van der Waals surface area contributed by atoms with E-state index < -0.39 is 5.60 Å². The first-order valence-corrected chi connectivity index (χ1v) is 7.09. The predicted molar refractivity (Wildman–Crippen MR) is 88.0 cm³/mol. The lowest BCUT2D eigenvalue weighted by Gasteiger charge is -2.18. The normalized spacial score (nSPS) is 12.8. The highest BCUT2D eigenvalue weighted by Crippen LogP contribution is 2.26. The third-order valence-electron chi connectivity index (χ3n) is 3.80. The van der Waals surface area contributed by atoms with E-state index in [0.717, 1.165) is 33.2 Å². The van der Waals surface area contributed by atoms with Gasteiger partial charge in [-0.25, -0.2) is 0 Å². The largest absolute Gasteiger partial charge is 0.386 e. The molecule has 21 heavy (non-hydrogen) atoms. The van der Waals surface area contributed by atoms with Crippen LogP contribution < -0.4 is 0 Å². The SMILES string of the molecule is C/C=C(/C)C(=N)c1cc(C)c2ncc(C(C)(C)O)cc2c1. The van der Waals surface area contributed by atoms with Crippen LogP contribution in [-0.4, -0.2) is 15.8 Å². The van der Waals surface area contributed by atoms with Gasteiger partial charge in [0.1, 0.15) is 0 Å². The molecule has 0 radical (unpaired) electrons. The fraction of sp³-hybridized carbons (Fsp3) is 0.333. The Balaban J connectivity index is 2.65. The van der Waals surface area contributed by atoms with Gasteiger partial charge in [0.15, 0.2) is 0 Å². The number of aliphatic hydroxyl groups is 1. The van der Waals surface area contributed by atoms with Crippen molar-refractivity contribution in [1.82, 2.24) is 4.98 Å². The van der Waals surface area contributed by atoms with Crippen LogP contribution in [0.2, 0.25) is 0 Å². The molecule has 0 aliphatic rings. The summed E-state index contributed by atoms with van der Waals surface area (Å²) in [5, 5.41) is 19.3. The Hall–Kier alpha value is -2.00. The second kappa shape index (κ2) is 5.41. The van der Waals surface area contributed by atoms with Crippen molar-refractivity contribution in [3.63, 3.8) is 0 Å². The molecule has 0 unspecified atom stereocenters. The number of nitrogens with one attached hydrogen (secondary N) is 1. The van der Waals surface area contributed by atoms with Crippen LogP contribution in [0.1, 0.15) is 44.4 Å². The molecule has 0 aliphatic heterocycles. The summed E-state index contributed by atoms with van der Waals surface area (Å²) in [7, 11) is 0. The van der Waals surface area contributed by atoms with Crippen molar-refractivity contribution < 1.29 is 5.11 Å². The lowest BCUT2D eigenvalue weighted by Crippen LogP contribution is -2.15. The Labute approximate surface area is 125 Å². The van der Waals surface area contributed by atoms with Gasteiger partial charge in [-0.1, -0.05) is 6.08 Å². The maximum Gasteiger partial charge on any atom is 0.0855 e. The highest BCUT2D eigenvalue weighted by Gasteiger charge is 2.17. The summed E-state index contributed by atoms with van der Waals surface area (Å²) in [4.78, 5) is 4.47. The van der Waals surface area contributed by atoms with Gasteiger partial charge in [-0.15, -0.1) is 0 Å². The number of nitrogens with zero attached hydrogens (tertiary/aromatic N) is 1. The molecule has 0 spiro atoms. The van der Waals surface area contributed by atoms with E-state index in [-0.39, 0.29) is 0 Å². The molecule has 2 aromatic rings. The summed E-state index contributed by atoms with van der Waals surface area (Å²) in [6.45, 7) is 9.37. The van der Waals surface area contributed by atoms with Gasteiger partial charge in [0.25, 0.3) is 0 Å². The van der Waals surface area contributed by atoms with Gasteiger partial charge in [-0.05, 0) is 64.0 Å². The summed E-state index contributed by atoms with van der Waals surface area (Å²) in [6, 6.07) is 5.92. The average Bonchev–Trinajstić information content (AvgIpc) is 2.44. The second-order valence-electron chi connectivity index (χ2n) is 5.99. The van der Waals surface area contributed by atoms with Gasteiger partial charge in [0.2, 0.25) is 0 Å². The number of hydrogen-bond donors (Lipinski definition) is 2. The van der Waals surface area contributed by atoms with Gasteiger partial charge < -0.3 is 10.5 Å². The van der Waals surface area contributed by atoms with Gasteiger partial charge in [-0.3, -0.25) is 4.98 Å². The fourth-order valence-electron chi connectivity index (χ4n) is 2.28. The van der Waals surface area contributed by atoms with E-state index in [1.54, 1.807) is 20.0 Å². The summed E-state index contributed by atoms with van der Waals surface area (Å²) >= 11 is 0. The summed E-state index contributed by atoms with van der Waals surface area (Å²) in [5.41, 5.74) is 4.16. The summed E-state index contributed by atoms with van der Waals surface area (Å²) < 4.78 is 0. The van der Waals surface area contributed by atoms with E-state index in [1.165, 1.54) is 0 Å². The predicted octanol–water partition coefficient (Wildman–Crippen LogP) is 4.10. The summed E-state index contributed by atoms with van der Waals surface area (Å²) in [6.07, 6.45) is 3.66. The van der Waals surface area contributed by atoms with E-state index in [0.29, 0.717) is 5.71 Å². The molecule has 0 fully saturated rings. The Morgan fingerprint density at radius 1 is 1.29 bits per heavy atom. The lowest BCUT2D eigenvalue weighted by atomic mass is 9.95. The molecule has 1 aromatic carbocycles. The van der Waals surface area contributed by atoms with Gasteiger partial charge in [0.05, 0.1) is 16.8 Å². The number of allylic oxidation sites excluding steroid dienone is 2. The third kappa shape index (κ3) is 3.03. The second-order valence-corrected chi connectivity index (χ2v) is 5.99. The van der Waals surface area contributed by atoms with Crippen LogP contribution in [-0.2, 0) is 5.60 Å². The first-order chi connectivity index (χ1) is 9.74. The first-order valence-electron chi connectivity index (χ1n) is 7.09. The minimum Gasteiger partial charge on any atom is -0.386 e. The zero-order valence-corrected chi connectivity index (χ0v) is 13.3. The van der Waals surface area contributed by atoms with Crippen molar-refractivity contribution in [3.05, 3.63) is 52.7 Å². The molecule has 1 aromatic heterocycles. The number of pyridine rings is 1. The van der Waals surface area contributed by atoms with E-state index in [4.69, 9.17) is 5.41 Å². The van der Waals surface area contributed by atoms with Crippen molar-refractivity contribution in [1.29, 1.82) is 5.41 Å². The molecular weight excluding hydrogens is 260 g/mol. The number of aryl methyl sites for hydroxylation is 1. The quantitative estimate of drug-likeness (QED) is 0.832. The highest BCUT2D eigenvalue weighted by molar-refractivity contribution is 6.11. The number of rotatable bonds is 3. The topological polar surface area (TPSA) is 57.0 Å². The molecule has 0 saturated heterocycles. The molecule has 0 bridgehead atoms. The van der Waals surface area contributed by atoms with Crippen LogP contribution in [0, 0.1) is 12.3 Å². The molecular formula is C18H22N2O. The number of aromatic nitrogens is 1. The van der Waals surface area contributed by atoms with Gasteiger partial charge in [0, 0.05) is 22.7 Å². The first kappa shape index (κ1) is 15.4. The van der Waals surface area contributed by atoms with Gasteiger partial charge >= 0.3 is 0 Å².